The first-order valence-corrected chi connectivity index (χ1v) is 17.9. The Kier molecular flexibility index (Phi) is 7.18. The van der Waals surface area contributed by atoms with E-state index in [1.54, 1.807) is 0 Å². The van der Waals surface area contributed by atoms with Crippen molar-refractivity contribution in [2.75, 3.05) is 9.80 Å². The zero-order valence-electron chi connectivity index (χ0n) is 28.5. The molecule has 0 radical (unpaired) electrons. The maximum absolute atomic E-state index is 2.42. The summed E-state index contributed by atoms with van der Waals surface area (Å²) in [6.07, 6.45) is 0. The van der Waals surface area contributed by atoms with E-state index in [0.29, 0.717) is 0 Å². The molecule has 10 aromatic rings. The highest BCUT2D eigenvalue weighted by atomic mass is 15.1. The molecule has 2 nitrogen and oxygen atoms in total. The van der Waals surface area contributed by atoms with Crippen LogP contribution in [0.15, 0.2) is 206 Å². The highest BCUT2D eigenvalue weighted by molar-refractivity contribution is 6.23. The Balaban J connectivity index is 1.25. The SMILES string of the molecule is c1ccc(N(c2ccc3ccccc3c2)c2cc3c4cccc(N(c5ccccc5)c5ccc6ccccc6c5)c4ccc3c3ccccc23)cc1. The van der Waals surface area contributed by atoms with Crippen molar-refractivity contribution < 1.29 is 0 Å². The van der Waals surface area contributed by atoms with Crippen LogP contribution in [0.25, 0.3) is 53.9 Å². The van der Waals surface area contributed by atoms with Gasteiger partial charge in [-0.3, -0.25) is 0 Å². The van der Waals surface area contributed by atoms with E-state index in [4.69, 9.17) is 0 Å². The fourth-order valence-corrected chi connectivity index (χ4v) is 7.93. The van der Waals surface area contributed by atoms with Crippen LogP contribution in [0.1, 0.15) is 0 Å². The first kappa shape index (κ1) is 30.0. The Morgan fingerprint density at radius 1 is 0.212 bits per heavy atom. The molecule has 0 saturated carbocycles. The summed E-state index contributed by atoms with van der Waals surface area (Å²) in [6.45, 7) is 0. The lowest BCUT2D eigenvalue weighted by atomic mass is 9.94. The Morgan fingerprint density at radius 3 is 1.25 bits per heavy atom. The molecule has 52 heavy (non-hydrogen) atoms. The lowest BCUT2D eigenvalue weighted by Gasteiger charge is -2.29. The lowest BCUT2D eigenvalue weighted by Crippen LogP contribution is -2.11. The lowest BCUT2D eigenvalue weighted by molar-refractivity contribution is 1.30. The van der Waals surface area contributed by atoms with Crippen LogP contribution in [0.3, 0.4) is 0 Å². The Morgan fingerprint density at radius 2 is 0.635 bits per heavy atom. The largest absolute Gasteiger partial charge is 0.310 e. The summed E-state index contributed by atoms with van der Waals surface area (Å²) in [7, 11) is 0. The Hall–Kier alpha value is -6.90. The second-order valence-corrected chi connectivity index (χ2v) is 13.4. The van der Waals surface area contributed by atoms with Gasteiger partial charge < -0.3 is 9.80 Å². The van der Waals surface area contributed by atoms with Crippen LogP contribution in [-0.2, 0) is 0 Å². The molecule has 0 N–H and O–H groups in total. The molecule has 0 unspecified atom stereocenters. The summed E-state index contributed by atoms with van der Waals surface area (Å²) in [4.78, 5) is 4.82. The van der Waals surface area contributed by atoms with Gasteiger partial charge in [-0.15, -0.1) is 0 Å². The van der Waals surface area contributed by atoms with E-state index in [2.05, 4.69) is 216 Å². The van der Waals surface area contributed by atoms with Gasteiger partial charge in [-0.25, -0.2) is 0 Å². The van der Waals surface area contributed by atoms with Crippen LogP contribution in [0, 0.1) is 0 Å². The summed E-state index contributed by atoms with van der Waals surface area (Å²) >= 11 is 0. The van der Waals surface area contributed by atoms with Crippen LogP contribution < -0.4 is 9.80 Å². The minimum atomic E-state index is 1.12. The van der Waals surface area contributed by atoms with Crippen molar-refractivity contribution >= 4 is 88.0 Å². The highest BCUT2D eigenvalue weighted by Crippen LogP contribution is 2.46. The number of rotatable bonds is 6. The molecule has 2 heteroatoms. The second-order valence-electron chi connectivity index (χ2n) is 13.4. The van der Waals surface area contributed by atoms with Gasteiger partial charge in [0, 0.05) is 33.5 Å². The average Bonchev–Trinajstić information content (AvgIpc) is 3.22. The van der Waals surface area contributed by atoms with Crippen LogP contribution in [0.5, 0.6) is 0 Å². The van der Waals surface area contributed by atoms with E-state index in [1.165, 1.54) is 53.9 Å². The fourth-order valence-electron chi connectivity index (χ4n) is 7.93. The fraction of sp³-hybridized carbons (Fsp3) is 0. The summed E-state index contributed by atoms with van der Waals surface area (Å²) in [5.41, 5.74) is 6.79. The monoisotopic (exact) mass is 662 g/mol. The Labute approximate surface area is 303 Å². The minimum Gasteiger partial charge on any atom is -0.310 e. The highest BCUT2D eigenvalue weighted by Gasteiger charge is 2.21. The molecule has 0 aliphatic heterocycles. The Bertz CT molecular complexity index is 2910. The molecule has 0 aliphatic carbocycles. The standard InChI is InChI=1S/C50H34N2/c1-3-18-39(19-4-1)51(41-28-26-35-14-7-9-16-37(35)32-41)49-25-13-24-44-47(49)31-30-45-43-22-11-12-23-46(43)50(34-48(44)45)52(40-20-5-2-6-21-40)42-29-27-36-15-8-10-17-38(36)33-42/h1-34H. The van der Waals surface area contributed by atoms with Crippen molar-refractivity contribution in [2.24, 2.45) is 0 Å². The van der Waals surface area contributed by atoms with Gasteiger partial charge >= 0.3 is 0 Å². The molecule has 0 amide bonds. The minimum absolute atomic E-state index is 1.12. The molecule has 0 saturated heterocycles. The molecule has 10 rings (SSSR count). The van der Waals surface area contributed by atoms with Gasteiger partial charge in [0.25, 0.3) is 0 Å². The average molecular weight is 663 g/mol. The van der Waals surface area contributed by atoms with Crippen molar-refractivity contribution in [3.8, 4) is 0 Å². The summed E-state index contributed by atoms with van der Waals surface area (Å²) in [5.74, 6) is 0. The van der Waals surface area contributed by atoms with Crippen LogP contribution in [0.2, 0.25) is 0 Å². The van der Waals surface area contributed by atoms with Crippen molar-refractivity contribution in [1.82, 2.24) is 0 Å². The van der Waals surface area contributed by atoms with Crippen LogP contribution in [0.4, 0.5) is 34.1 Å². The van der Waals surface area contributed by atoms with Crippen LogP contribution in [-0.4, -0.2) is 0 Å². The van der Waals surface area contributed by atoms with Gasteiger partial charge in [-0.2, -0.15) is 0 Å². The third-order valence-electron chi connectivity index (χ3n) is 10.3. The number of fused-ring (bicyclic) bond motifs is 7. The van der Waals surface area contributed by atoms with E-state index in [1.807, 2.05) is 0 Å². The molecule has 0 spiro atoms. The maximum Gasteiger partial charge on any atom is 0.0546 e. The maximum atomic E-state index is 2.42. The smallest absolute Gasteiger partial charge is 0.0546 e. The van der Waals surface area contributed by atoms with Crippen molar-refractivity contribution in [1.29, 1.82) is 0 Å². The van der Waals surface area contributed by atoms with E-state index < -0.39 is 0 Å². The zero-order valence-corrected chi connectivity index (χ0v) is 28.5. The number of nitrogens with zero attached hydrogens (tertiary/aromatic N) is 2. The number of hydrogen-bond acceptors (Lipinski definition) is 2. The zero-order chi connectivity index (χ0) is 34.4. The van der Waals surface area contributed by atoms with Gasteiger partial charge in [0.15, 0.2) is 0 Å². The number of hydrogen-bond donors (Lipinski definition) is 0. The number of benzene rings is 10. The van der Waals surface area contributed by atoms with Crippen molar-refractivity contribution in [3.05, 3.63) is 206 Å². The van der Waals surface area contributed by atoms with Gasteiger partial charge in [0.05, 0.1) is 11.4 Å². The first-order valence-electron chi connectivity index (χ1n) is 17.9. The molecule has 0 aliphatic rings. The molecule has 0 fully saturated rings. The third kappa shape index (κ3) is 5.04. The quantitative estimate of drug-likeness (QED) is 0.164. The summed E-state index contributed by atoms with van der Waals surface area (Å²) < 4.78 is 0. The predicted octanol–water partition coefficient (Wildman–Crippen LogP) is 14.4. The normalized spacial score (nSPS) is 11.5. The van der Waals surface area contributed by atoms with E-state index in [-0.39, 0.29) is 0 Å². The van der Waals surface area contributed by atoms with Gasteiger partial charge in [-0.1, -0.05) is 146 Å². The molecular weight excluding hydrogens is 629 g/mol. The molecular formula is C50H34N2. The molecule has 0 bridgehead atoms. The van der Waals surface area contributed by atoms with E-state index in [9.17, 15) is 0 Å². The van der Waals surface area contributed by atoms with Gasteiger partial charge in [-0.05, 0) is 104 Å². The van der Waals surface area contributed by atoms with Crippen molar-refractivity contribution in [3.63, 3.8) is 0 Å². The molecule has 0 aromatic heterocycles. The summed E-state index contributed by atoms with van der Waals surface area (Å²) in [6, 6.07) is 74.8. The molecule has 0 atom stereocenters. The number of para-hydroxylation sites is 2. The number of anilines is 6. The second kappa shape index (κ2) is 12.5. The van der Waals surface area contributed by atoms with Crippen LogP contribution >= 0.6 is 0 Å². The van der Waals surface area contributed by atoms with Crippen molar-refractivity contribution in [2.45, 2.75) is 0 Å². The predicted molar refractivity (Wildman–Crippen MR) is 223 cm³/mol. The molecule has 10 aromatic carbocycles. The molecule has 244 valence electrons. The van der Waals surface area contributed by atoms with Gasteiger partial charge in [0.2, 0.25) is 0 Å². The third-order valence-corrected chi connectivity index (χ3v) is 10.3. The van der Waals surface area contributed by atoms with E-state index >= 15 is 0 Å². The van der Waals surface area contributed by atoms with Gasteiger partial charge in [0.1, 0.15) is 0 Å². The topological polar surface area (TPSA) is 6.48 Å². The van der Waals surface area contributed by atoms with E-state index in [0.717, 1.165) is 34.1 Å². The summed E-state index contributed by atoms with van der Waals surface area (Å²) in [5, 5.41) is 12.2. The first-order chi connectivity index (χ1) is 25.8. The molecule has 0 heterocycles.